The number of halogens is 1. The number of pyridine rings is 1. The highest BCUT2D eigenvalue weighted by Gasteiger charge is 2.25. The third-order valence-electron chi connectivity index (χ3n) is 7.05. The standard InChI is InChI=1S/C31H30ClN5O5/c1-3-40-23-7-4-20(5-8-23)19-41-29-9-6-22(14-26(29)32)35-31-21(17-33)18-34-27-16-30(28(37(38)39)15-25(27)31)42-24-10-12-36(2)13-11-24/h4-9,14-16,18,24H,3,10-13,19H2,1-2H3,(H,34,35). The number of benzene rings is 3. The van der Waals surface area contributed by atoms with Crippen LogP contribution in [0, 0.1) is 21.4 Å². The zero-order valence-electron chi connectivity index (χ0n) is 23.3. The number of likely N-dealkylation sites (tertiary alicyclic amines) is 1. The van der Waals surface area contributed by atoms with Crippen molar-refractivity contribution in [2.75, 3.05) is 32.1 Å². The number of anilines is 2. The van der Waals surface area contributed by atoms with Gasteiger partial charge in [-0.15, -0.1) is 0 Å². The van der Waals surface area contributed by atoms with Gasteiger partial charge in [0.2, 0.25) is 0 Å². The van der Waals surface area contributed by atoms with Crippen LogP contribution in [0.15, 0.2) is 60.8 Å². The van der Waals surface area contributed by atoms with Crippen molar-refractivity contribution in [2.24, 2.45) is 0 Å². The second kappa shape index (κ2) is 12.9. The smallest absolute Gasteiger partial charge is 0.311 e. The zero-order valence-corrected chi connectivity index (χ0v) is 24.1. The highest BCUT2D eigenvalue weighted by atomic mass is 35.5. The van der Waals surface area contributed by atoms with Gasteiger partial charge in [-0.05, 0) is 62.7 Å². The van der Waals surface area contributed by atoms with Crippen molar-refractivity contribution in [3.63, 3.8) is 0 Å². The fourth-order valence-corrected chi connectivity index (χ4v) is 5.03. The number of rotatable bonds is 10. The Balaban J connectivity index is 1.38. The minimum atomic E-state index is -0.472. The molecule has 10 nitrogen and oxygen atoms in total. The van der Waals surface area contributed by atoms with Gasteiger partial charge in [-0.2, -0.15) is 5.26 Å². The van der Waals surface area contributed by atoms with E-state index < -0.39 is 4.92 Å². The molecule has 0 unspecified atom stereocenters. The van der Waals surface area contributed by atoms with E-state index in [-0.39, 0.29) is 23.1 Å². The van der Waals surface area contributed by atoms with Gasteiger partial charge in [0.15, 0.2) is 5.75 Å². The Bertz CT molecular complexity index is 1630. The zero-order chi connectivity index (χ0) is 29.6. The Kier molecular flexibility index (Phi) is 8.91. The van der Waals surface area contributed by atoms with Crippen molar-refractivity contribution in [1.82, 2.24) is 9.88 Å². The number of ether oxygens (including phenoxy) is 3. The lowest BCUT2D eigenvalue weighted by Gasteiger charge is -2.29. The Morgan fingerprint density at radius 2 is 1.88 bits per heavy atom. The van der Waals surface area contributed by atoms with E-state index in [2.05, 4.69) is 21.3 Å². The van der Waals surface area contributed by atoms with Gasteiger partial charge >= 0.3 is 5.69 Å². The molecule has 1 aliphatic rings. The van der Waals surface area contributed by atoms with Gasteiger partial charge in [-0.3, -0.25) is 15.1 Å². The first kappa shape index (κ1) is 28.9. The molecule has 11 heteroatoms. The van der Waals surface area contributed by atoms with Crippen LogP contribution < -0.4 is 19.5 Å². The van der Waals surface area contributed by atoms with Crippen LogP contribution in [0.3, 0.4) is 0 Å². The summed E-state index contributed by atoms with van der Waals surface area (Å²) in [6, 6.07) is 17.9. The molecule has 1 saturated heterocycles. The van der Waals surface area contributed by atoms with E-state index in [1.807, 2.05) is 38.2 Å². The fourth-order valence-electron chi connectivity index (χ4n) is 4.80. The molecule has 2 heterocycles. The van der Waals surface area contributed by atoms with E-state index in [0.29, 0.717) is 46.3 Å². The number of nitrogens with one attached hydrogen (secondary N) is 1. The number of nitro benzene ring substituents is 1. The average Bonchev–Trinajstić information content (AvgIpc) is 2.98. The molecule has 5 rings (SSSR count). The highest BCUT2D eigenvalue weighted by molar-refractivity contribution is 6.32. The van der Waals surface area contributed by atoms with Crippen LogP contribution in [0.5, 0.6) is 17.2 Å². The fraction of sp³-hybridized carbons (Fsp3) is 0.290. The maximum atomic E-state index is 12.0. The van der Waals surface area contributed by atoms with E-state index in [1.165, 1.54) is 12.3 Å². The lowest BCUT2D eigenvalue weighted by atomic mass is 10.1. The van der Waals surface area contributed by atoms with Crippen LogP contribution in [0.2, 0.25) is 5.02 Å². The molecule has 0 radical (unpaired) electrons. The van der Waals surface area contributed by atoms with Crippen molar-refractivity contribution in [3.05, 3.63) is 87.1 Å². The van der Waals surface area contributed by atoms with Gasteiger partial charge in [0, 0.05) is 42.5 Å². The Morgan fingerprint density at radius 1 is 1.12 bits per heavy atom. The van der Waals surface area contributed by atoms with E-state index in [0.717, 1.165) is 37.2 Å². The molecule has 216 valence electrons. The molecule has 4 aromatic rings. The second-order valence-electron chi connectivity index (χ2n) is 10.0. The maximum absolute atomic E-state index is 12.0. The molecular formula is C31H30ClN5O5. The van der Waals surface area contributed by atoms with Crippen LogP contribution >= 0.6 is 11.6 Å². The molecule has 0 aliphatic carbocycles. The van der Waals surface area contributed by atoms with Crippen molar-refractivity contribution >= 4 is 39.6 Å². The summed E-state index contributed by atoms with van der Waals surface area (Å²) in [6.07, 6.45) is 2.87. The quantitative estimate of drug-likeness (QED) is 0.156. The average molecular weight is 588 g/mol. The second-order valence-corrected chi connectivity index (χ2v) is 10.4. The monoisotopic (exact) mass is 587 g/mol. The number of nitriles is 1. The lowest BCUT2D eigenvalue weighted by Crippen LogP contribution is -2.35. The summed E-state index contributed by atoms with van der Waals surface area (Å²) < 4.78 is 17.5. The third kappa shape index (κ3) is 6.65. The van der Waals surface area contributed by atoms with Gasteiger partial charge in [0.25, 0.3) is 0 Å². The van der Waals surface area contributed by atoms with Gasteiger partial charge in [0.05, 0.1) is 33.3 Å². The molecule has 1 aliphatic heterocycles. The van der Waals surface area contributed by atoms with Gasteiger partial charge in [-0.25, -0.2) is 0 Å². The normalized spacial score (nSPS) is 13.9. The van der Waals surface area contributed by atoms with Crippen molar-refractivity contribution in [1.29, 1.82) is 5.26 Å². The van der Waals surface area contributed by atoms with Crippen molar-refractivity contribution in [3.8, 4) is 23.3 Å². The SMILES string of the molecule is CCOc1ccc(COc2ccc(Nc3c(C#N)cnc4cc(OC5CCN(C)CC5)c([N+](=O)[O-])cc34)cc2Cl)cc1. The minimum absolute atomic E-state index is 0.120. The Morgan fingerprint density at radius 3 is 2.55 bits per heavy atom. The molecule has 1 fully saturated rings. The first-order valence-electron chi connectivity index (χ1n) is 13.6. The van der Waals surface area contributed by atoms with E-state index in [4.69, 9.17) is 25.8 Å². The maximum Gasteiger partial charge on any atom is 0.311 e. The number of hydrogen-bond donors (Lipinski definition) is 1. The Labute approximate surface area is 248 Å². The van der Waals surface area contributed by atoms with Gasteiger partial charge < -0.3 is 24.4 Å². The summed E-state index contributed by atoms with van der Waals surface area (Å²) in [5, 5.41) is 25.8. The molecule has 42 heavy (non-hydrogen) atoms. The van der Waals surface area contributed by atoms with Crippen LogP contribution in [-0.4, -0.2) is 47.7 Å². The number of nitrogens with zero attached hydrogens (tertiary/aromatic N) is 4. The molecule has 0 atom stereocenters. The molecule has 0 spiro atoms. The molecule has 3 aromatic carbocycles. The first-order valence-corrected chi connectivity index (χ1v) is 14.0. The predicted octanol–water partition coefficient (Wildman–Crippen LogP) is 6.86. The topological polar surface area (TPSA) is 123 Å². The molecule has 1 N–H and O–H groups in total. The predicted molar refractivity (Wildman–Crippen MR) is 161 cm³/mol. The van der Waals surface area contributed by atoms with Crippen LogP contribution in [0.25, 0.3) is 10.9 Å². The highest BCUT2D eigenvalue weighted by Crippen LogP contribution is 2.39. The van der Waals surface area contributed by atoms with Gasteiger partial charge in [-0.1, -0.05) is 23.7 Å². The Hall–Kier alpha value is -4.59. The molecular weight excluding hydrogens is 558 g/mol. The number of fused-ring (bicyclic) bond motifs is 1. The third-order valence-corrected chi connectivity index (χ3v) is 7.35. The summed E-state index contributed by atoms with van der Waals surface area (Å²) in [5.74, 6) is 1.45. The summed E-state index contributed by atoms with van der Waals surface area (Å²) in [6.45, 7) is 4.57. The van der Waals surface area contributed by atoms with Crippen molar-refractivity contribution in [2.45, 2.75) is 32.5 Å². The number of piperidine rings is 1. The van der Waals surface area contributed by atoms with E-state index >= 15 is 0 Å². The number of hydrogen-bond acceptors (Lipinski definition) is 9. The molecule has 0 saturated carbocycles. The van der Waals surface area contributed by atoms with Crippen molar-refractivity contribution < 1.29 is 19.1 Å². The lowest BCUT2D eigenvalue weighted by molar-refractivity contribution is -0.386. The number of nitro groups is 1. The van der Waals surface area contributed by atoms with Gasteiger partial charge in [0.1, 0.15) is 30.3 Å². The first-order chi connectivity index (χ1) is 20.3. The minimum Gasteiger partial charge on any atom is -0.494 e. The van der Waals surface area contributed by atoms with Crippen LogP contribution in [-0.2, 0) is 6.61 Å². The number of aromatic nitrogens is 1. The van der Waals surface area contributed by atoms with E-state index in [9.17, 15) is 15.4 Å². The molecule has 0 bridgehead atoms. The van der Waals surface area contributed by atoms with Crippen LogP contribution in [0.4, 0.5) is 17.1 Å². The summed E-state index contributed by atoms with van der Waals surface area (Å²) in [7, 11) is 2.04. The molecule has 1 aromatic heterocycles. The largest absolute Gasteiger partial charge is 0.494 e. The van der Waals surface area contributed by atoms with Crippen LogP contribution in [0.1, 0.15) is 30.9 Å². The summed E-state index contributed by atoms with van der Waals surface area (Å²) in [4.78, 5) is 18.2. The summed E-state index contributed by atoms with van der Waals surface area (Å²) in [5.41, 5.74) is 2.43. The molecule has 0 amide bonds. The van der Waals surface area contributed by atoms with E-state index in [1.54, 1.807) is 24.3 Å². The summed E-state index contributed by atoms with van der Waals surface area (Å²) >= 11 is 6.54.